The number of hydrogen-bond acceptors (Lipinski definition) is 2. The smallest absolute Gasteiger partial charge is 0.129 e. The standard InChI is InChI=1S/C6H12O2/c1-6(8)4-2-3-5-7/h7H,2-5H2,1H3. The molecule has 0 saturated carbocycles. The molecule has 0 aromatic rings. The van der Waals surface area contributed by atoms with E-state index in [1.54, 1.807) is 6.92 Å². The van der Waals surface area contributed by atoms with Crippen LogP contribution in [0.4, 0.5) is 0 Å². The molecule has 1 N–H and O–H groups in total. The molecule has 8 heavy (non-hydrogen) atoms. The fourth-order valence-electron chi connectivity index (χ4n) is 0.486. The Morgan fingerprint density at radius 3 is 2.50 bits per heavy atom. The van der Waals surface area contributed by atoms with Crippen LogP contribution in [-0.2, 0) is 4.79 Å². The summed E-state index contributed by atoms with van der Waals surface area (Å²) >= 11 is 0. The second-order valence-electron chi connectivity index (χ2n) is 1.88. The average molecular weight is 116 g/mol. The van der Waals surface area contributed by atoms with E-state index in [-0.39, 0.29) is 12.4 Å². The summed E-state index contributed by atoms with van der Waals surface area (Å²) in [5, 5.41) is 8.27. The number of ketones is 1. The van der Waals surface area contributed by atoms with E-state index in [0.717, 1.165) is 12.8 Å². The number of carbonyl (C=O) groups excluding carboxylic acids is 1. The lowest BCUT2D eigenvalue weighted by Crippen LogP contribution is -1.90. The first kappa shape index (κ1) is 7.63. The molecule has 2 heteroatoms. The second kappa shape index (κ2) is 4.78. The molecule has 0 saturated heterocycles. The number of hydrogen-bond donors (Lipinski definition) is 1. The molecule has 2 nitrogen and oxygen atoms in total. The fourth-order valence-corrected chi connectivity index (χ4v) is 0.486. The molecule has 0 radical (unpaired) electrons. The van der Waals surface area contributed by atoms with Gasteiger partial charge >= 0.3 is 0 Å². The minimum Gasteiger partial charge on any atom is -0.396 e. The van der Waals surface area contributed by atoms with Crippen molar-refractivity contribution in [2.75, 3.05) is 6.61 Å². The van der Waals surface area contributed by atoms with Gasteiger partial charge in [-0.1, -0.05) is 0 Å². The Morgan fingerprint density at radius 2 is 2.12 bits per heavy atom. The molecule has 0 spiro atoms. The van der Waals surface area contributed by atoms with E-state index < -0.39 is 0 Å². The molecule has 48 valence electrons. The summed E-state index contributed by atoms with van der Waals surface area (Å²) in [5.41, 5.74) is 0. The van der Waals surface area contributed by atoms with E-state index in [2.05, 4.69) is 0 Å². The molecule has 0 aromatic heterocycles. The van der Waals surface area contributed by atoms with Gasteiger partial charge < -0.3 is 9.90 Å². The molecule has 0 fully saturated rings. The van der Waals surface area contributed by atoms with Crippen LogP contribution < -0.4 is 0 Å². The number of aliphatic hydroxyl groups is 1. The van der Waals surface area contributed by atoms with E-state index in [4.69, 9.17) is 5.11 Å². The van der Waals surface area contributed by atoms with Gasteiger partial charge in [0.15, 0.2) is 0 Å². The van der Waals surface area contributed by atoms with Crippen LogP contribution in [0.15, 0.2) is 0 Å². The van der Waals surface area contributed by atoms with Crippen LogP contribution in [-0.4, -0.2) is 17.5 Å². The maximum absolute atomic E-state index is 10.2. The van der Waals surface area contributed by atoms with Gasteiger partial charge in [0, 0.05) is 13.0 Å². The molecule has 0 heterocycles. The van der Waals surface area contributed by atoms with Crippen molar-refractivity contribution < 1.29 is 9.90 Å². The molecule has 0 unspecified atom stereocenters. The van der Waals surface area contributed by atoms with Gasteiger partial charge in [-0.25, -0.2) is 0 Å². The molecule has 0 aliphatic rings. The van der Waals surface area contributed by atoms with Gasteiger partial charge in [0.2, 0.25) is 0 Å². The van der Waals surface area contributed by atoms with Crippen LogP contribution in [0.3, 0.4) is 0 Å². The Balaban J connectivity index is 2.82. The maximum atomic E-state index is 10.2. The van der Waals surface area contributed by atoms with E-state index in [0.29, 0.717) is 6.42 Å². The highest BCUT2D eigenvalue weighted by molar-refractivity contribution is 5.75. The lowest BCUT2D eigenvalue weighted by Gasteiger charge is -1.90. The first-order chi connectivity index (χ1) is 3.77. The average Bonchev–Trinajstić information content (AvgIpc) is 1.66. The van der Waals surface area contributed by atoms with Gasteiger partial charge in [-0.2, -0.15) is 0 Å². The Labute approximate surface area is 49.5 Å². The highest BCUT2D eigenvalue weighted by atomic mass is 16.2. The zero-order valence-electron chi connectivity index (χ0n) is 5.18. The topological polar surface area (TPSA) is 37.3 Å². The van der Waals surface area contributed by atoms with Crippen LogP contribution in [0.1, 0.15) is 26.2 Å². The van der Waals surface area contributed by atoms with Gasteiger partial charge in [0.1, 0.15) is 5.78 Å². The molecule has 0 aromatic carbocycles. The Kier molecular flexibility index (Phi) is 4.56. The van der Waals surface area contributed by atoms with Crippen molar-refractivity contribution in [2.45, 2.75) is 26.2 Å². The van der Waals surface area contributed by atoms with Gasteiger partial charge in [0.25, 0.3) is 0 Å². The van der Waals surface area contributed by atoms with Crippen molar-refractivity contribution in [2.24, 2.45) is 0 Å². The molecule has 0 aliphatic heterocycles. The molecule has 0 amide bonds. The molecule has 0 bridgehead atoms. The number of aliphatic hydroxyl groups excluding tert-OH is 1. The summed E-state index contributed by atoms with van der Waals surface area (Å²) in [4.78, 5) is 10.2. The van der Waals surface area contributed by atoms with Crippen molar-refractivity contribution >= 4 is 5.78 Å². The largest absolute Gasteiger partial charge is 0.396 e. The Hall–Kier alpha value is -0.370. The monoisotopic (exact) mass is 116 g/mol. The van der Waals surface area contributed by atoms with Crippen LogP contribution in [0.5, 0.6) is 0 Å². The Morgan fingerprint density at radius 1 is 1.50 bits per heavy atom. The zero-order chi connectivity index (χ0) is 6.41. The predicted octanol–water partition coefficient (Wildman–Crippen LogP) is 0.738. The third-order valence-corrected chi connectivity index (χ3v) is 0.937. The molecule has 0 atom stereocenters. The van der Waals surface area contributed by atoms with Crippen molar-refractivity contribution in [1.82, 2.24) is 0 Å². The summed E-state index contributed by atoms with van der Waals surface area (Å²) in [6, 6.07) is 0. The van der Waals surface area contributed by atoms with E-state index >= 15 is 0 Å². The minimum atomic E-state index is 0.202. The van der Waals surface area contributed by atoms with Crippen LogP contribution in [0.25, 0.3) is 0 Å². The highest BCUT2D eigenvalue weighted by Gasteiger charge is 1.90. The SMILES string of the molecule is CC(=O)CCCCO. The number of Topliss-reactive ketones (excluding diaryl/α,β-unsaturated/α-hetero) is 1. The maximum Gasteiger partial charge on any atom is 0.129 e. The summed E-state index contributed by atoms with van der Waals surface area (Å²) in [6.07, 6.45) is 2.19. The predicted molar refractivity (Wildman–Crippen MR) is 31.6 cm³/mol. The third-order valence-electron chi connectivity index (χ3n) is 0.937. The van der Waals surface area contributed by atoms with E-state index in [9.17, 15) is 4.79 Å². The van der Waals surface area contributed by atoms with Crippen LogP contribution >= 0.6 is 0 Å². The van der Waals surface area contributed by atoms with Gasteiger partial charge in [-0.15, -0.1) is 0 Å². The molecular weight excluding hydrogens is 104 g/mol. The van der Waals surface area contributed by atoms with Crippen molar-refractivity contribution in [3.05, 3.63) is 0 Å². The fraction of sp³-hybridized carbons (Fsp3) is 0.833. The summed E-state index contributed by atoms with van der Waals surface area (Å²) in [6.45, 7) is 1.77. The highest BCUT2D eigenvalue weighted by Crippen LogP contribution is 1.93. The third kappa shape index (κ3) is 5.63. The van der Waals surface area contributed by atoms with Gasteiger partial charge in [-0.05, 0) is 19.8 Å². The van der Waals surface area contributed by atoms with Crippen LogP contribution in [0, 0.1) is 0 Å². The lowest BCUT2D eigenvalue weighted by atomic mass is 10.2. The number of carbonyl (C=O) groups is 1. The molecule has 0 rings (SSSR count). The summed E-state index contributed by atoms with van der Waals surface area (Å²) in [5.74, 6) is 0.207. The van der Waals surface area contributed by atoms with Gasteiger partial charge in [-0.3, -0.25) is 0 Å². The van der Waals surface area contributed by atoms with E-state index in [1.165, 1.54) is 0 Å². The van der Waals surface area contributed by atoms with Crippen molar-refractivity contribution in [3.63, 3.8) is 0 Å². The van der Waals surface area contributed by atoms with Crippen LogP contribution in [0.2, 0.25) is 0 Å². The number of rotatable bonds is 4. The minimum absolute atomic E-state index is 0.202. The number of unbranched alkanes of at least 4 members (excludes halogenated alkanes) is 1. The zero-order valence-corrected chi connectivity index (χ0v) is 5.18. The molecule has 0 aliphatic carbocycles. The lowest BCUT2D eigenvalue weighted by molar-refractivity contribution is -0.117. The van der Waals surface area contributed by atoms with Crippen molar-refractivity contribution in [1.29, 1.82) is 0 Å². The quantitative estimate of drug-likeness (QED) is 0.550. The second-order valence-corrected chi connectivity index (χ2v) is 1.88. The normalized spacial score (nSPS) is 9.25. The van der Waals surface area contributed by atoms with E-state index in [1.807, 2.05) is 0 Å². The first-order valence-corrected chi connectivity index (χ1v) is 2.87. The van der Waals surface area contributed by atoms with Crippen molar-refractivity contribution in [3.8, 4) is 0 Å². The summed E-state index contributed by atoms with van der Waals surface area (Å²) < 4.78 is 0. The summed E-state index contributed by atoms with van der Waals surface area (Å²) in [7, 11) is 0. The van der Waals surface area contributed by atoms with Gasteiger partial charge in [0.05, 0.1) is 0 Å². The molecular formula is C6H12O2. The Bertz CT molecular complexity index is 68.9. The first-order valence-electron chi connectivity index (χ1n) is 2.87.